The van der Waals surface area contributed by atoms with E-state index in [4.69, 9.17) is 0 Å². The molecule has 2 aromatic carbocycles. The molecule has 0 bridgehead atoms. The van der Waals surface area contributed by atoms with Crippen molar-refractivity contribution in [3.05, 3.63) is 59.9 Å². The summed E-state index contributed by atoms with van der Waals surface area (Å²) in [6.45, 7) is 0. The van der Waals surface area contributed by atoms with Crippen molar-refractivity contribution in [1.29, 1.82) is 0 Å². The van der Waals surface area contributed by atoms with Gasteiger partial charge in [0, 0.05) is 18.7 Å². The summed E-state index contributed by atoms with van der Waals surface area (Å²) in [4.78, 5) is 12.3. The Bertz CT molecular complexity index is 862. The minimum atomic E-state index is -3.54. The molecule has 1 saturated carbocycles. The second-order valence-electron chi connectivity index (χ2n) is 5.71. The molecule has 1 fully saturated rings. The molecule has 2 aromatic rings. The maximum Gasteiger partial charge on any atom is 0.255 e. The van der Waals surface area contributed by atoms with Crippen LogP contribution in [0.1, 0.15) is 23.2 Å². The molecule has 1 N–H and O–H groups in total. The van der Waals surface area contributed by atoms with E-state index in [-0.39, 0.29) is 22.2 Å². The van der Waals surface area contributed by atoms with Crippen LogP contribution < -0.4 is 5.32 Å². The number of carbonyl (C=O) groups excluding carboxylic acids is 1. The molecular weight excluding hydrogens is 331 g/mol. The summed E-state index contributed by atoms with van der Waals surface area (Å²) < 4.78 is 39.7. The van der Waals surface area contributed by atoms with Gasteiger partial charge in [0.2, 0.25) is 10.0 Å². The predicted octanol–water partition coefficient (Wildman–Crippen LogP) is 2.86. The van der Waals surface area contributed by atoms with Gasteiger partial charge in [0.05, 0.1) is 10.6 Å². The number of rotatable bonds is 5. The molecule has 5 nitrogen and oxygen atoms in total. The highest BCUT2D eigenvalue weighted by atomic mass is 32.2. The van der Waals surface area contributed by atoms with E-state index in [1.807, 2.05) is 0 Å². The zero-order valence-electron chi connectivity index (χ0n) is 13.1. The van der Waals surface area contributed by atoms with Crippen molar-refractivity contribution in [2.45, 2.75) is 23.8 Å². The Hall–Kier alpha value is -2.25. The second-order valence-corrected chi connectivity index (χ2v) is 7.71. The van der Waals surface area contributed by atoms with Crippen molar-refractivity contribution in [2.75, 3.05) is 12.4 Å². The van der Waals surface area contributed by atoms with Crippen LogP contribution in [0.3, 0.4) is 0 Å². The molecule has 1 aliphatic carbocycles. The molecule has 0 spiro atoms. The molecule has 24 heavy (non-hydrogen) atoms. The van der Waals surface area contributed by atoms with Crippen LogP contribution in [0, 0.1) is 5.82 Å². The van der Waals surface area contributed by atoms with E-state index in [0.29, 0.717) is 0 Å². The van der Waals surface area contributed by atoms with E-state index in [2.05, 4.69) is 5.32 Å². The van der Waals surface area contributed by atoms with Crippen LogP contribution in [0.2, 0.25) is 0 Å². The first kappa shape index (κ1) is 16.6. The lowest BCUT2D eigenvalue weighted by molar-refractivity contribution is 0.102. The van der Waals surface area contributed by atoms with Crippen molar-refractivity contribution in [1.82, 2.24) is 4.31 Å². The lowest BCUT2D eigenvalue weighted by Gasteiger charge is -2.16. The van der Waals surface area contributed by atoms with Crippen LogP contribution in [-0.2, 0) is 10.0 Å². The van der Waals surface area contributed by atoms with E-state index in [1.165, 1.54) is 46.8 Å². The van der Waals surface area contributed by atoms with Gasteiger partial charge in [-0.2, -0.15) is 4.31 Å². The van der Waals surface area contributed by atoms with Gasteiger partial charge in [-0.1, -0.05) is 12.1 Å². The van der Waals surface area contributed by atoms with Gasteiger partial charge in [0.1, 0.15) is 5.82 Å². The highest BCUT2D eigenvalue weighted by molar-refractivity contribution is 7.89. The maximum absolute atomic E-state index is 13.6. The minimum Gasteiger partial charge on any atom is -0.319 e. The van der Waals surface area contributed by atoms with Gasteiger partial charge in [0.15, 0.2) is 0 Å². The monoisotopic (exact) mass is 348 g/mol. The average molecular weight is 348 g/mol. The molecule has 0 atom stereocenters. The molecule has 1 aliphatic rings. The molecule has 0 heterocycles. The summed E-state index contributed by atoms with van der Waals surface area (Å²) in [6.07, 6.45) is 1.75. The van der Waals surface area contributed by atoms with Crippen molar-refractivity contribution < 1.29 is 17.6 Å². The van der Waals surface area contributed by atoms with Gasteiger partial charge < -0.3 is 5.32 Å². The number of anilines is 1. The normalized spacial score (nSPS) is 14.6. The SMILES string of the molecule is CN(C1CC1)S(=O)(=O)c1ccc(C(=O)Nc2ccccc2F)cc1. The molecular formula is C17H17FN2O3S. The summed E-state index contributed by atoms with van der Waals surface area (Å²) in [7, 11) is -1.98. The smallest absolute Gasteiger partial charge is 0.255 e. The number of amides is 1. The fourth-order valence-corrected chi connectivity index (χ4v) is 3.75. The molecule has 0 saturated heterocycles. The number of para-hydroxylation sites is 1. The summed E-state index contributed by atoms with van der Waals surface area (Å²) in [5, 5.41) is 2.46. The first-order valence-electron chi connectivity index (χ1n) is 7.53. The van der Waals surface area contributed by atoms with E-state index in [9.17, 15) is 17.6 Å². The third kappa shape index (κ3) is 3.32. The topological polar surface area (TPSA) is 66.5 Å². The fraction of sp³-hybridized carbons (Fsp3) is 0.235. The number of nitrogens with zero attached hydrogens (tertiary/aromatic N) is 1. The zero-order chi connectivity index (χ0) is 17.3. The largest absolute Gasteiger partial charge is 0.319 e. The Kier molecular flexibility index (Phi) is 4.38. The standard InChI is InChI=1S/C17H17FN2O3S/c1-20(13-8-9-13)24(22,23)14-10-6-12(7-11-14)17(21)19-16-5-3-2-4-15(16)18/h2-7,10-11,13H,8-9H2,1H3,(H,19,21). The maximum atomic E-state index is 13.6. The van der Waals surface area contributed by atoms with Gasteiger partial charge in [-0.15, -0.1) is 0 Å². The molecule has 7 heteroatoms. The summed E-state index contributed by atoms with van der Waals surface area (Å²) >= 11 is 0. The molecule has 1 amide bonds. The highest BCUT2D eigenvalue weighted by Gasteiger charge is 2.34. The number of halogens is 1. The molecule has 126 valence electrons. The first-order chi connectivity index (χ1) is 11.4. The number of hydrogen-bond donors (Lipinski definition) is 1. The van der Waals surface area contributed by atoms with Gasteiger partial charge in [0.25, 0.3) is 5.91 Å². The summed E-state index contributed by atoms with van der Waals surface area (Å²) in [6, 6.07) is 11.5. The van der Waals surface area contributed by atoms with Crippen molar-refractivity contribution in [3.63, 3.8) is 0 Å². The number of benzene rings is 2. The Balaban J connectivity index is 1.77. The van der Waals surface area contributed by atoms with Gasteiger partial charge >= 0.3 is 0 Å². The first-order valence-corrected chi connectivity index (χ1v) is 8.97. The molecule has 3 rings (SSSR count). The lowest BCUT2D eigenvalue weighted by atomic mass is 10.2. The Morgan fingerprint density at radius 3 is 2.33 bits per heavy atom. The third-order valence-electron chi connectivity index (χ3n) is 3.98. The number of sulfonamides is 1. The summed E-state index contributed by atoms with van der Waals surface area (Å²) in [5.74, 6) is -1.03. The third-order valence-corrected chi connectivity index (χ3v) is 5.90. The quantitative estimate of drug-likeness (QED) is 0.903. The Labute approximate surface area is 140 Å². The Morgan fingerprint density at radius 1 is 1.12 bits per heavy atom. The van der Waals surface area contributed by atoms with Gasteiger partial charge in [-0.05, 0) is 49.2 Å². The van der Waals surface area contributed by atoms with Crippen LogP contribution in [0.5, 0.6) is 0 Å². The molecule has 0 unspecified atom stereocenters. The lowest BCUT2D eigenvalue weighted by Crippen LogP contribution is -2.29. The summed E-state index contributed by atoms with van der Waals surface area (Å²) in [5.41, 5.74) is 0.332. The average Bonchev–Trinajstić information content (AvgIpc) is 3.41. The van der Waals surface area contributed by atoms with E-state index in [1.54, 1.807) is 13.1 Å². The minimum absolute atomic E-state index is 0.0685. The number of hydrogen-bond acceptors (Lipinski definition) is 3. The molecule has 0 aromatic heterocycles. The van der Waals surface area contributed by atoms with Crippen LogP contribution in [0.25, 0.3) is 0 Å². The number of nitrogens with one attached hydrogen (secondary N) is 1. The van der Waals surface area contributed by atoms with Crippen LogP contribution in [0.4, 0.5) is 10.1 Å². The van der Waals surface area contributed by atoms with E-state index in [0.717, 1.165) is 12.8 Å². The van der Waals surface area contributed by atoms with Crippen LogP contribution in [-0.4, -0.2) is 31.7 Å². The van der Waals surface area contributed by atoms with Crippen LogP contribution in [0.15, 0.2) is 53.4 Å². The van der Waals surface area contributed by atoms with Gasteiger partial charge in [-0.25, -0.2) is 12.8 Å². The van der Waals surface area contributed by atoms with E-state index < -0.39 is 21.7 Å². The Morgan fingerprint density at radius 2 is 1.75 bits per heavy atom. The highest BCUT2D eigenvalue weighted by Crippen LogP contribution is 2.30. The second kappa shape index (κ2) is 6.33. The molecule has 0 radical (unpaired) electrons. The van der Waals surface area contributed by atoms with Crippen molar-refractivity contribution >= 4 is 21.6 Å². The zero-order valence-corrected chi connectivity index (χ0v) is 13.9. The van der Waals surface area contributed by atoms with Crippen molar-refractivity contribution in [2.24, 2.45) is 0 Å². The van der Waals surface area contributed by atoms with Gasteiger partial charge in [-0.3, -0.25) is 4.79 Å². The predicted molar refractivity (Wildman–Crippen MR) is 88.8 cm³/mol. The van der Waals surface area contributed by atoms with Crippen LogP contribution >= 0.6 is 0 Å². The van der Waals surface area contributed by atoms with E-state index >= 15 is 0 Å². The molecule has 0 aliphatic heterocycles. The van der Waals surface area contributed by atoms with Crippen molar-refractivity contribution in [3.8, 4) is 0 Å². The fourth-order valence-electron chi connectivity index (χ4n) is 2.34. The number of carbonyl (C=O) groups is 1.